The molecule has 1 aliphatic rings. The van der Waals surface area contributed by atoms with Gasteiger partial charge < -0.3 is 10.6 Å². The minimum atomic E-state index is -3.09. The van der Waals surface area contributed by atoms with Gasteiger partial charge in [-0.1, -0.05) is 17.7 Å². The molecule has 0 aliphatic carbocycles. The van der Waals surface area contributed by atoms with Crippen molar-refractivity contribution in [3.63, 3.8) is 0 Å². The van der Waals surface area contributed by atoms with Gasteiger partial charge in [-0.3, -0.25) is 0 Å². The van der Waals surface area contributed by atoms with Gasteiger partial charge in [0.15, 0.2) is 0 Å². The highest BCUT2D eigenvalue weighted by atomic mass is 35.5. The van der Waals surface area contributed by atoms with Crippen LogP contribution in [0.1, 0.15) is 18.5 Å². The molecule has 1 aromatic carbocycles. The molecule has 0 aromatic heterocycles. The Bertz CT molecular complexity index is 581. The zero-order valence-electron chi connectivity index (χ0n) is 11.7. The van der Waals surface area contributed by atoms with Gasteiger partial charge in [0.25, 0.3) is 0 Å². The predicted octanol–water partition coefficient (Wildman–Crippen LogP) is 1.44. The maximum atomic E-state index is 11.5. The lowest BCUT2D eigenvalue weighted by atomic mass is 10.1. The van der Waals surface area contributed by atoms with Gasteiger partial charge in [-0.05, 0) is 24.6 Å². The van der Waals surface area contributed by atoms with Crippen LogP contribution in [0.3, 0.4) is 0 Å². The van der Waals surface area contributed by atoms with Crippen LogP contribution in [0, 0.1) is 0 Å². The summed E-state index contributed by atoms with van der Waals surface area (Å²) in [4.78, 5) is 2.14. The summed E-state index contributed by atoms with van der Waals surface area (Å²) in [6.45, 7) is 4.24. The molecule has 5 nitrogen and oxygen atoms in total. The Hall–Kier alpha value is -0.820. The van der Waals surface area contributed by atoms with Crippen LogP contribution in [-0.2, 0) is 10.0 Å². The first kappa shape index (κ1) is 15.6. The molecule has 0 bridgehead atoms. The summed E-state index contributed by atoms with van der Waals surface area (Å²) >= 11 is 6.23. The molecule has 0 amide bonds. The molecule has 1 heterocycles. The van der Waals surface area contributed by atoms with Gasteiger partial charge in [0.2, 0.25) is 10.0 Å². The first-order valence-corrected chi connectivity index (χ1v) is 8.77. The van der Waals surface area contributed by atoms with Crippen molar-refractivity contribution in [3.8, 4) is 0 Å². The highest BCUT2D eigenvalue weighted by molar-refractivity contribution is 7.88. The fourth-order valence-corrected chi connectivity index (χ4v) is 3.53. The molecule has 2 N–H and O–H groups in total. The van der Waals surface area contributed by atoms with E-state index in [0.717, 1.165) is 11.3 Å². The third-order valence-corrected chi connectivity index (χ3v) is 5.18. The number of sulfonamides is 1. The van der Waals surface area contributed by atoms with E-state index < -0.39 is 10.0 Å². The molecule has 0 radical (unpaired) electrons. The number of piperazine rings is 1. The van der Waals surface area contributed by atoms with Crippen LogP contribution in [0.2, 0.25) is 5.02 Å². The molecule has 1 aliphatic heterocycles. The standard InChI is InChI=1S/C13H20ClN3O2S/c1-10(15)12-4-3-11(9-13(12)14)16-5-7-17(8-6-16)20(2,18)19/h3-4,9-10H,5-8,15H2,1-2H3. The van der Waals surface area contributed by atoms with E-state index >= 15 is 0 Å². The highest BCUT2D eigenvalue weighted by Crippen LogP contribution is 2.27. The minimum Gasteiger partial charge on any atom is -0.369 e. The molecule has 1 aromatic rings. The van der Waals surface area contributed by atoms with Gasteiger partial charge >= 0.3 is 0 Å². The number of halogens is 1. The molecule has 0 saturated carbocycles. The molecule has 7 heteroatoms. The lowest BCUT2D eigenvalue weighted by Gasteiger charge is -2.35. The summed E-state index contributed by atoms with van der Waals surface area (Å²) < 4.78 is 24.5. The lowest BCUT2D eigenvalue weighted by molar-refractivity contribution is 0.388. The van der Waals surface area contributed by atoms with Crippen molar-refractivity contribution in [2.75, 3.05) is 37.3 Å². The van der Waals surface area contributed by atoms with E-state index in [4.69, 9.17) is 17.3 Å². The van der Waals surface area contributed by atoms with Crippen molar-refractivity contribution < 1.29 is 8.42 Å². The number of nitrogens with zero attached hydrogens (tertiary/aromatic N) is 2. The number of anilines is 1. The fraction of sp³-hybridized carbons (Fsp3) is 0.538. The SMILES string of the molecule is CC(N)c1ccc(N2CCN(S(C)(=O)=O)CC2)cc1Cl. The smallest absolute Gasteiger partial charge is 0.211 e. The van der Waals surface area contributed by atoms with Crippen molar-refractivity contribution in [1.29, 1.82) is 0 Å². The van der Waals surface area contributed by atoms with Crippen LogP contribution in [0.25, 0.3) is 0 Å². The van der Waals surface area contributed by atoms with Gasteiger partial charge in [-0.15, -0.1) is 0 Å². The molecule has 1 unspecified atom stereocenters. The van der Waals surface area contributed by atoms with E-state index in [0.29, 0.717) is 31.2 Å². The average Bonchev–Trinajstić information content (AvgIpc) is 2.37. The summed E-state index contributed by atoms with van der Waals surface area (Å²) in [6.07, 6.45) is 1.25. The summed E-state index contributed by atoms with van der Waals surface area (Å²) in [6, 6.07) is 5.72. The van der Waals surface area contributed by atoms with Crippen LogP contribution in [0.5, 0.6) is 0 Å². The zero-order chi connectivity index (χ0) is 14.9. The van der Waals surface area contributed by atoms with Crippen LogP contribution in [0.15, 0.2) is 18.2 Å². The van der Waals surface area contributed by atoms with Gasteiger partial charge in [-0.25, -0.2) is 8.42 Å². The Labute approximate surface area is 125 Å². The molecule has 0 spiro atoms. The Morgan fingerprint density at radius 3 is 2.30 bits per heavy atom. The maximum Gasteiger partial charge on any atom is 0.211 e. The monoisotopic (exact) mass is 317 g/mol. The second-order valence-electron chi connectivity index (χ2n) is 5.14. The van der Waals surface area contributed by atoms with Crippen LogP contribution in [0.4, 0.5) is 5.69 Å². The Morgan fingerprint density at radius 1 is 1.25 bits per heavy atom. The number of nitrogens with two attached hydrogens (primary N) is 1. The first-order valence-electron chi connectivity index (χ1n) is 6.54. The third-order valence-electron chi connectivity index (χ3n) is 3.55. The van der Waals surface area contributed by atoms with Crippen LogP contribution >= 0.6 is 11.6 Å². The molecule has 1 saturated heterocycles. The summed E-state index contributed by atoms with van der Waals surface area (Å²) in [5.41, 5.74) is 7.77. The average molecular weight is 318 g/mol. The number of hydrogen-bond acceptors (Lipinski definition) is 4. The van der Waals surface area contributed by atoms with Gasteiger partial charge in [0, 0.05) is 42.9 Å². The summed E-state index contributed by atoms with van der Waals surface area (Å²) in [7, 11) is -3.09. The van der Waals surface area contributed by atoms with Gasteiger partial charge in [0.1, 0.15) is 0 Å². The van der Waals surface area contributed by atoms with Crippen molar-refractivity contribution in [1.82, 2.24) is 4.31 Å². The van der Waals surface area contributed by atoms with Gasteiger partial charge in [-0.2, -0.15) is 4.31 Å². The predicted molar refractivity (Wildman–Crippen MR) is 82.7 cm³/mol. The van der Waals surface area contributed by atoms with Gasteiger partial charge in [0.05, 0.1) is 6.26 Å². The number of benzene rings is 1. The second-order valence-corrected chi connectivity index (χ2v) is 7.53. The Balaban J connectivity index is 2.10. The van der Waals surface area contributed by atoms with E-state index in [1.165, 1.54) is 10.6 Å². The second kappa shape index (κ2) is 5.89. The van der Waals surface area contributed by atoms with Crippen molar-refractivity contribution in [2.24, 2.45) is 5.73 Å². The number of rotatable bonds is 3. The molecule has 2 rings (SSSR count). The van der Waals surface area contributed by atoms with E-state index in [2.05, 4.69) is 4.90 Å². The largest absolute Gasteiger partial charge is 0.369 e. The summed E-state index contributed by atoms with van der Waals surface area (Å²) in [5, 5.41) is 0.656. The molecular weight excluding hydrogens is 298 g/mol. The third kappa shape index (κ3) is 3.44. The van der Waals surface area contributed by atoms with E-state index in [-0.39, 0.29) is 6.04 Å². The van der Waals surface area contributed by atoms with Crippen LogP contribution < -0.4 is 10.6 Å². The maximum absolute atomic E-state index is 11.5. The normalized spacial score (nSPS) is 19.1. The van der Waals surface area contributed by atoms with Crippen molar-refractivity contribution >= 4 is 27.3 Å². The molecule has 1 fully saturated rings. The quantitative estimate of drug-likeness (QED) is 0.916. The van der Waals surface area contributed by atoms with E-state index in [1.54, 1.807) is 0 Å². The first-order chi connectivity index (χ1) is 9.29. The lowest BCUT2D eigenvalue weighted by Crippen LogP contribution is -2.48. The summed E-state index contributed by atoms with van der Waals surface area (Å²) in [5.74, 6) is 0. The Kier molecular flexibility index (Phi) is 4.59. The zero-order valence-corrected chi connectivity index (χ0v) is 13.3. The van der Waals surface area contributed by atoms with Crippen molar-refractivity contribution in [2.45, 2.75) is 13.0 Å². The van der Waals surface area contributed by atoms with Crippen LogP contribution in [-0.4, -0.2) is 45.2 Å². The van der Waals surface area contributed by atoms with E-state index in [1.807, 2.05) is 25.1 Å². The molecular formula is C13H20ClN3O2S. The Morgan fingerprint density at radius 2 is 1.85 bits per heavy atom. The minimum absolute atomic E-state index is 0.0985. The molecule has 20 heavy (non-hydrogen) atoms. The topological polar surface area (TPSA) is 66.6 Å². The molecule has 112 valence electrons. The van der Waals surface area contributed by atoms with Crippen molar-refractivity contribution in [3.05, 3.63) is 28.8 Å². The number of hydrogen-bond donors (Lipinski definition) is 1. The fourth-order valence-electron chi connectivity index (χ4n) is 2.36. The van der Waals surface area contributed by atoms with E-state index in [9.17, 15) is 8.42 Å². The highest BCUT2D eigenvalue weighted by Gasteiger charge is 2.23. The molecule has 1 atom stereocenters.